The topological polar surface area (TPSA) is 70.9 Å². The Labute approximate surface area is 126 Å². The van der Waals surface area contributed by atoms with Crippen molar-refractivity contribution in [3.05, 3.63) is 71.8 Å². The SMILES string of the molecule is O=C(Nc1ccccc1)[C@]12C=C1C(=NO)c1ccccc1O2. The normalized spacial score (nSPS) is 22.9. The van der Waals surface area contributed by atoms with Gasteiger partial charge in [0.2, 0.25) is 5.60 Å². The summed E-state index contributed by atoms with van der Waals surface area (Å²) in [7, 11) is 0. The maximum atomic E-state index is 12.6. The number of nitrogens with one attached hydrogen (secondary N) is 1. The number of ether oxygens (including phenoxy) is 1. The lowest BCUT2D eigenvalue weighted by molar-refractivity contribution is -0.123. The molecule has 0 saturated carbocycles. The first-order chi connectivity index (χ1) is 10.7. The maximum Gasteiger partial charge on any atom is 0.277 e. The van der Waals surface area contributed by atoms with E-state index in [1.807, 2.05) is 30.3 Å². The minimum absolute atomic E-state index is 0.302. The van der Waals surface area contributed by atoms with Gasteiger partial charge in [-0.2, -0.15) is 0 Å². The third kappa shape index (κ3) is 1.72. The molecule has 1 aliphatic heterocycles. The minimum Gasteiger partial charge on any atom is -0.468 e. The van der Waals surface area contributed by atoms with Crippen LogP contribution in [0, 0.1) is 0 Å². The molecule has 1 amide bonds. The Morgan fingerprint density at radius 2 is 1.82 bits per heavy atom. The minimum atomic E-state index is -1.17. The molecule has 0 spiro atoms. The molecule has 1 atom stereocenters. The molecule has 4 rings (SSSR count). The number of para-hydroxylation sites is 2. The average Bonchev–Trinajstić information content (AvgIpc) is 3.29. The maximum absolute atomic E-state index is 12.6. The predicted molar refractivity (Wildman–Crippen MR) is 81.3 cm³/mol. The smallest absolute Gasteiger partial charge is 0.277 e. The highest BCUT2D eigenvalue weighted by molar-refractivity contribution is 6.27. The second kappa shape index (κ2) is 4.46. The van der Waals surface area contributed by atoms with Gasteiger partial charge in [0.25, 0.3) is 5.91 Å². The molecule has 22 heavy (non-hydrogen) atoms. The van der Waals surface area contributed by atoms with Gasteiger partial charge in [0, 0.05) is 16.8 Å². The van der Waals surface area contributed by atoms with Crippen LogP contribution in [0.25, 0.3) is 0 Å². The Bertz CT molecular complexity index is 827. The number of fused-ring (bicyclic) bond motifs is 2. The molecule has 0 radical (unpaired) electrons. The second-order valence-corrected chi connectivity index (χ2v) is 5.16. The molecule has 5 heteroatoms. The zero-order chi connectivity index (χ0) is 15.2. The summed E-state index contributed by atoms with van der Waals surface area (Å²) in [5.74, 6) is 0.223. The third-order valence-corrected chi connectivity index (χ3v) is 3.80. The van der Waals surface area contributed by atoms with E-state index in [-0.39, 0.29) is 5.91 Å². The monoisotopic (exact) mass is 292 g/mol. The number of anilines is 1. The first kappa shape index (κ1) is 12.6. The molecule has 0 saturated heterocycles. The van der Waals surface area contributed by atoms with Crippen molar-refractivity contribution in [1.29, 1.82) is 0 Å². The summed E-state index contributed by atoms with van der Waals surface area (Å²) in [6.45, 7) is 0. The standard InChI is InChI=1S/C17H12N2O3/c20-16(18-11-6-2-1-3-7-11)17-10-13(17)15(19-21)12-8-4-5-9-14(12)22-17/h1-10,21H,(H,18,20)/t17-/m0/s1. The molecule has 0 unspecified atom stereocenters. The molecule has 2 aromatic rings. The first-order valence-electron chi connectivity index (χ1n) is 6.85. The number of carbonyl (C=O) groups excluding carboxylic acids is 1. The van der Waals surface area contributed by atoms with E-state index in [0.29, 0.717) is 28.3 Å². The van der Waals surface area contributed by atoms with Crippen molar-refractivity contribution in [3.63, 3.8) is 0 Å². The largest absolute Gasteiger partial charge is 0.468 e. The van der Waals surface area contributed by atoms with E-state index in [1.54, 1.807) is 30.3 Å². The van der Waals surface area contributed by atoms with Crippen LogP contribution in [0.2, 0.25) is 0 Å². The van der Waals surface area contributed by atoms with E-state index in [0.717, 1.165) is 0 Å². The van der Waals surface area contributed by atoms with Crippen LogP contribution in [0.15, 0.2) is 71.4 Å². The van der Waals surface area contributed by atoms with Gasteiger partial charge in [-0.3, -0.25) is 4.79 Å². The summed E-state index contributed by atoms with van der Waals surface area (Å²) in [6.07, 6.45) is 1.67. The van der Waals surface area contributed by atoms with E-state index < -0.39 is 5.60 Å². The molecule has 0 aromatic heterocycles. The summed E-state index contributed by atoms with van der Waals surface area (Å²) in [4.78, 5) is 12.6. The molecule has 1 heterocycles. The van der Waals surface area contributed by atoms with Crippen LogP contribution in [-0.4, -0.2) is 22.4 Å². The Balaban J connectivity index is 1.67. The van der Waals surface area contributed by atoms with Crippen LogP contribution in [-0.2, 0) is 4.79 Å². The summed E-state index contributed by atoms with van der Waals surface area (Å²) < 4.78 is 5.86. The van der Waals surface area contributed by atoms with Crippen LogP contribution in [0.3, 0.4) is 0 Å². The van der Waals surface area contributed by atoms with Crippen LogP contribution >= 0.6 is 0 Å². The number of benzene rings is 2. The molecular weight excluding hydrogens is 280 g/mol. The van der Waals surface area contributed by atoms with Crippen molar-refractivity contribution in [2.24, 2.45) is 5.16 Å². The molecule has 0 fully saturated rings. The van der Waals surface area contributed by atoms with Gasteiger partial charge >= 0.3 is 0 Å². The summed E-state index contributed by atoms with van der Waals surface area (Å²) in [5.41, 5.74) is 1.15. The van der Waals surface area contributed by atoms with Gasteiger partial charge in [0.05, 0.1) is 0 Å². The van der Waals surface area contributed by atoms with Crippen molar-refractivity contribution in [3.8, 4) is 5.75 Å². The van der Waals surface area contributed by atoms with Gasteiger partial charge in [-0.1, -0.05) is 35.5 Å². The van der Waals surface area contributed by atoms with E-state index >= 15 is 0 Å². The average molecular weight is 292 g/mol. The molecule has 0 bridgehead atoms. The summed E-state index contributed by atoms with van der Waals surface area (Å²) in [5, 5.41) is 15.4. The lowest BCUT2D eigenvalue weighted by Gasteiger charge is -2.26. The number of carbonyl (C=O) groups is 1. The molecule has 5 nitrogen and oxygen atoms in total. The highest BCUT2D eigenvalue weighted by Crippen LogP contribution is 2.48. The fourth-order valence-electron chi connectivity index (χ4n) is 2.65. The Morgan fingerprint density at radius 3 is 2.59 bits per heavy atom. The van der Waals surface area contributed by atoms with Gasteiger partial charge in [-0.15, -0.1) is 0 Å². The molecule has 1 aliphatic carbocycles. The predicted octanol–water partition coefficient (Wildman–Crippen LogP) is 2.57. The number of hydrogen-bond donors (Lipinski definition) is 2. The van der Waals surface area contributed by atoms with E-state index in [2.05, 4.69) is 10.5 Å². The molecule has 2 aliphatic rings. The molecule has 2 N–H and O–H groups in total. The van der Waals surface area contributed by atoms with Crippen LogP contribution < -0.4 is 10.1 Å². The van der Waals surface area contributed by atoms with Gasteiger partial charge < -0.3 is 15.3 Å². The van der Waals surface area contributed by atoms with Crippen molar-refractivity contribution in [2.75, 3.05) is 5.32 Å². The second-order valence-electron chi connectivity index (χ2n) is 5.16. The third-order valence-electron chi connectivity index (χ3n) is 3.80. The fraction of sp³-hybridized carbons (Fsp3) is 0.0588. The van der Waals surface area contributed by atoms with Gasteiger partial charge in [-0.25, -0.2) is 0 Å². The fourth-order valence-corrected chi connectivity index (χ4v) is 2.65. The number of hydrogen-bond acceptors (Lipinski definition) is 4. The molecule has 108 valence electrons. The first-order valence-corrected chi connectivity index (χ1v) is 6.85. The highest BCUT2D eigenvalue weighted by Gasteiger charge is 2.59. The quantitative estimate of drug-likeness (QED) is 0.660. The zero-order valence-electron chi connectivity index (χ0n) is 11.5. The molecular formula is C17H12N2O3. The zero-order valence-corrected chi connectivity index (χ0v) is 11.5. The van der Waals surface area contributed by atoms with E-state index in [1.165, 1.54) is 0 Å². The van der Waals surface area contributed by atoms with Crippen molar-refractivity contribution >= 4 is 17.3 Å². The lowest BCUT2D eigenvalue weighted by atomic mass is 9.99. The highest BCUT2D eigenvalue weighted by atomic mass is 16.5. The van der Waals surface area contributed by atoms with Gasteiger partial charge in [0.1, 0.15) is 11.5 Å². The summed E-state index contributed by atoms with van der Waals surface area (Å²) in [6, 6.07) is 16.3. The Morgan fingerprint density at radius 1 is 1.09 bits per heavy atom. The van der Waals surface area contributed by atoms with Crippen LogP contribution in [0.1, 0.15) is 5.56 Å². The van der Waals surface area contributed by atoms with Gasteiger partial charge in [0.15, 0.2) is 0 Å². The van der Waals surface area contributed by atoms with Crippen LogP contribution in [0.5, 0.6) is 5.75 Å². The summed E-state index contributed by atoms with van der Waals surface area (Å²) >= 11 is 0. The number of oxime groups is 1. The van der Waals surface area contributed by atoms with Crippen molar-refractivity contribution in [1.82, 2.24) is 0 Å². The Kier molecular flexibility index (Phi) is 2.56. The molecule has 2 aromatic carbocycles. The Hall–Kier alpha value is -3.08. The van der Waals surface area contributed by atoms with Crippen molar-refractivity contribution in [2.45, 2.75) is 5.60 Å². The van der Waals surface area contributed by atoms with E-state index in [4.69, 9.17) is 4.74 Å². The van der Waals surface area contributed by atoms with E-state index in [9.17, 15) is 10.0 Å². The van der Waals surface area contributed by atoms with Crippen molar-refractivity contribution < 1.29 is 14.7 Å². The lowest BCUT2D eigenvalue weighted by Crippen LogP contribution is -2.42. The number of rotatable bonds is 2. The van der Waals surface area contributed by atoms with Crippen LogP contribution in [0.4, 0.5) is 5.69 Å². The number of nitrogens with zero attached hydrogens (tertiary/aromatic N) is 1. The van der Waals surface area contributed by atoms with Gasteiger partial charge in [-0.05, 0) is 30.3 Å². The number of amides is 1.